The maximum Gasteiger partial charge on any atom is 0.146 e. The van der Waals surface area contributed by atoms with Crippen LogP contribution in [0.2, 0.25) is 0 Å². The van der Waals surface area contributed by atoms with Crippen LogP contribution in [0.15, 0.2) is 91.1 Å². The minimum absolute atomic E-state index is 0.966. The van der Waals surface area contributed by atoms with Crippen LogP contribution >= 0.6 is 0 Å². The summed E-state index contributed by atoms with van der Waals surface area (Å²) in [6.07, 6.45) is 3.91. The third-order valence-electron chi connectivity index (χ3n) is 8.06. The van der Waals surface area contributed by atoms with Gasteiger partial charge in [-0.3, -0.25) is 9.38 Å². The SMILES string of the molecule is c1ccc2c(c1)Cc1ccc3c(c1-2)Cc1ccc2c(c1-3)c1ncccc1n1c3ccccc3nc21. The summed E-state index contributed by atoms with van der Waals surface area (Å²) in [7, 11) is 0. The molecule has 0 amide bonds. The summed E-state index contributed by atoms with van der Waals surface area (Å²) in [6.45, 7) is 0. The molecule has 9 rings (SSSR count). The summed E-state index contributed by atoms with van der Waals surface area (Å²) in [5, 5.41) is 2.39. The lowest BCUT2D eigenvalue weighted by atomic mass is 9.93. The highest BCUT2D eigenvalue weighted by molar-refractivity contribution is 6.19. The van der Waals surface area contributed by atoms with Crippen molar-refractivity contribution < 1.29 is 0 Å². The molecule has 7 aromatic rings. The van der Waals surface area contributed by atoms with Gasteiger partial charge in [-0.1, -0.05) is 60.7 Å². The van der Waals surface area contributed by atoms with Crippen LogP contribution < -0.4 is 0 Å². The van der Waals surface area contributed by atoms with E-state index in [0.717, 1.165) is 40.6 Å². The molecule has 3 heteroatoms. The maximum atomic E-state index is 5.10. The van der Waals surface area contributed by atoms with Gasteiger partial charge in [0.2, 0.25) is 0 Å². The first-order chi connectivity index (χ1) is 17.4. The Bertz CT molecular complexity index is 2060. The van der Waals surface area contributed by atoms with Crippen molar-refractivity contribution in [3.8, 4) is 22.3 Å². The molecule has 0 atom stereocenters. The molecule has 0 radical (unpaired) electrons. The number of hydrogen-bond acceptors (Lipinski definition) is 2. The molecule has 35 heavy (non-hydrogen) atoms. The molecule has 2 aliphatic carbocycles. The Morgan fingerprint density at radius 2 is 1.46 bits per heavy atom. The molecule has 0 saturated carbocycles. The van der Waals surface area contributed by atoms with E-state index in [4.69, 9.17) is 9.97 Å². The first-order valence-corrected chi connectivity index (χ1v) is 12.2. The van der Waals surface area contributed by atoms with Gasteiger partial charge in [-0.05, 0) is 81.6 Å². The summed E-state index contributed by atoms with van der Waals surface area (Å²) in [4.78, 5) is 10.1. The van der Waals surface area contributed by atoms with E-state index in [1.54, 1.807) is 0 Å². The van der Waals surface area contributed by atoms with E-state index < -0.39 is 0 Å². The maximum absolute atomic E-state index is 5.10. The summed E-state index contributed by atoms with van der Waals surface area (Å²) in [5.74, 6) is 0. The van der Waals surface area contributed by atoms with Crippen molar-refractivity contribution in [3.05, 3.63) is 113 Å². The highest BCUT2D eigenvalue weighted by Crippen LogP contribution is 2.50. The molecule has 162 valence electrons. The van der Waals surface area contributed by atoms with Gasteiger partial charge in [0.1, 0.15) is 5.65 Å². The van der Waals surface area contributed by atoms with Crippen LogP contribution in [0.4, 0.5) is 0 Å². The predicted molar refractivity (Wildman–Crippen MR) is 142 cm³/mol. The molecule has 0 unspecified atom stereocenters. The first kappa shape index (κ1) is 17.9. The fourth-order valence-electron chi connectivity index (χ4n) is 6.66. The van der Waals surface area contributed by atoms with Crippen LogP contribution in [0, 0.1) is 0 Å². The zero-order chi connectivity index (χ0) is 22.7. The standard InChI is InChI=1S/C32H19N3/c1-2-7-21-18(6-1)16-19-11-13-22-24(28(19)21)17-20-12-14-23-30(29(20)22)31-27(10-5-15-33-31)35-26-9-4-3-8-25(26)34-32(23)35/h1-15H,16-17H2. The number of nitrogens with zero attached hydrogens (tertiary/aromatic N) is 3. The van der Waals surface area contributed by atoms with E-state index in [9.17, 15) is 0 Å². The minimum atomic E-state index is 0.966. The number of imidazole rings is 1. The van der Waals surface area contributed by atoms with Crippen LogP contribution in [0.5, 0.6) is 0 Å². The Morgan fingerprint density at radius 3 is 2.46 bits per heavy atom. The van der Waals surface area contributed by atoms with Gasteiger partial charge in [0.05, 0.1) is 22.1 Å². The van der Waals surface area contributed by atoms with Crippen LogP contribution in [-0.2, 0) is 12.8 Å². The average Bonchev–Trinajstić information content (AvgIpc) is 3.59. The number of rotatable bonds is 0. The molecule has 3 aromatic heterocycles. The molecular formula is C32H19N3. The summed E-state index contributed by atoms with van der Waals surface area (Å²) in [6, 6.07) is 30.8. The van der Waals surface area contributed by atoms with Crippen molar-refractivity contribution in [1.82, 2.24) is 14.4 Å². The van der Waals surface area contributed by atoms with Gasteiger partial charge in [-0.2, -0.15) is 0 Å². The average molecular weight is 446 g/mol. The Balaban J connectivity index is 1.47. The van der Waals surface area contributed by atoms with E-state index in [1.807, 2.05) is 12.3 Å². The molecule has 0 fully saturated rings. The zero-order valence-corrected chi connectivity index (χ0v) is 18.9. The number of hydrogen-bond donors (Lipinski definition) is 0. The molecule has 0 saturated heterocycles. The van der Waals surface area contributed by atoms with Crippen molar-refractivity contribution in [2.45, 2.75) is 12.8 Å². The topological polar surface area (TPSA) is 30.2 Å². The quantitative estimate of drug-likeness (QED) is 0.229. The van der Waals surface area contributed by atoms with E-state index >= 15 is 0 Å². The fraction of sp³-hybridized carbons (Fsp3) is 0.0625. The van der Waals surface area contributed by atoms with Gasteiger partial charge in [-0.15, -0.1) is 0 Å². The van der Waals surface area contributed by atoms with Gasteiger partial charge < -0.3 is 0 Å². The van der Waals surface area contributed by atoms with Crippen molar-refractivity contribution in [2.75, 3.05) is 0 Å². The fourth-order valence-corrected chi connectivity index (χ4v) is 6.66. The van der Waals surface area contributed by atoms with Crippen molar-refractivity contribution in [2.24, 2.45) is 0 Å². The van der Waals surface area contributed by atoms with E-state index in [0.29, 0.717) is 0 Å². The summed E-state index contributed by atoms with van der Waals surface area (Å²) >= 11 is 0. The number of pyridine rings is 2. The highest BCUT2D eigenvalue weighted by atomic mass is 15.0. The van der Waals surface area contributed by atoms with Gasteiger partial charge in [-0.25, -0.2) is 4.98 Å². The van der Waals surface area contributed by atoms with Crippen LogP contribution in [0.1, 0.15) is 22.3 Å². The predicted octanol–water partition coefficient (Wildman–Crippen LogP) is 7.33. The third kappa shape index (κ3) is 2.12. The Kier molecular flexibility index (Phi) is 3.14. The monoisotopic (exact) mass is 445 g/mol. The van der Waals surface area contributed by atoms with E-state index in [-0.39, 0.29) is 0 Å². The lowest BCUT2D eigenvalue weighted by Crippen LogP contribution is -1.95. The molecule has 3 heterocycles. The normalized spacial score (nSPS) is 13.5. The zero-order valence-electron chi connectivity index (χ0n) is 18.9. The lowest BCUT2D eigenvalue weighted by Gasteiger charge is -2.13. The second-order valence-corrected chi connectivity index (χ2v) is 9.79. The largest absolute Gasteiger partial charge is 0.290 e. The molecule has 0 N–H and O–H groups in total. The number of benzene rings is 4. The van der Waals surface area contributed by atoms with Crippen LogP contribution in [0.25, 0.3) is 60.7 Å². The number of para-hydroxylation sites is 2. The molecule has 0 aliphatic heterocycles. The van der Waals surface area contributed by atoms with Crippen LogP contribution in [0.3, 0.4) is 0 Å². The van der Waals surface area contributed by atoms with Gasteiger partial charge in [0.15, 0.2) is 0 Å². The van der Waals surface area contributed by atoms with Gasteiger partial charge in [0, 0.05) is 17.0 Å². The second-order valence-electron chi connectivity index (χ2n) is 9.79. The van der Waals surface area contributed by atoms with Crippen LogP contribution in [-0.4, -0.2) is 14.4 Å². The Labute approximate surface area is 201 Å². The second kappa shape index (κ2) is 6.13. The molecule has 0 spiro atoms. The highest BCUT2D eigenvalue weighted by Gasteiger charge is 2.30. The molecule has 2 aliphatic rings. The lowest BCUT2D eigenvalue weighted by molar-refractivity contribution is 1.23. The number of fused-ring (bicyclic) bond motifs is 16. The van der Waals surface area contributed by atoms with Crippen molar-refractivity contribution >= 4 is 38.5 Å². The van der Waals surface area contributed by atoms with Crippen molar-refractivity contribution in [1.29, 1.82) is 0 Å². The number of aromatic nitrogens is 3. The molecule has 0 bridgehead atoms. The first-order valence-electron chi connectivity index (χ1n) is 12.2. The minimum Gasteiger partial charge on any atom is -0.290 e. The molecule has 3 nitrogen and oxygen atoms in total. The molecular weight excluding hydrogens is 426 g/mol. The van der Waals surface area contributed by atoms with E-state index in [1.165, 1.54) is 55.3 Å². The van der Waals surface area contributed by atoms with Gasteiger partial charge >= 0.3 is 0 Å². The molecule has 4 aromatic carbocycles. The van der Waals surface area contributed by atoms with E-state index in [2.05, 4.69) is 83.3 Å². The third-order valence-corrected chi connectivity index (χ3v) is 8.06. The van der Waals surface area contributed by atoms with Crippen molar-refractivity contribution in [3.63, 3.8) is 0 Å². The Morgan fingerprint density at radius 1 is 0.629 bits per heavy atom. The Hall–Kier alpha value is -4.50. The smallest absolute Gasteiger partial charge is 0.146 e. The van der Waals surface area contributed by atoms with Gasteiger partial charge in [0.25, 0.3) is 0 Å². The summed E-state index contributed by atoms with van der Waals surface area (Å²) in [5.41, 5.74) is 16.6. The summed E-state index contributed by atoms with van der Waals surface area (Å²) < 4.78 is 2.28.